The van der Waals surface area contributed by atoms with Gasteiger partial charge in [-0.25, -0.2) is 10.8 Å². The Morgan fingerprint density at radius 1 is 1.59 bits per heavy atom. The van der Waals surface area contributed by atoms with E-state index in [-0.39, 0.29) is 17.6 Å². The number of hydrogen-bond donors (Lipinski definition) is 3. The number of hydrazine groups is 1. The maximum absolute atomic E-state index is 11.8. The monoisotopic (exact) mass is 235 g/mol. The molecule has 17 heavy (non-hydrogen) atoms. The maximum Gasteiger partial charge on any atom is 0.271 e. The average Bonchev–Trinajstić information content (AvgIpc) is 3.12. The van der Waals surface area contributed by atoms with E-state index in [1.807, 2.05) is 6.92 Å². The fourth-order valence-corrected chi connectivity index (χ4v) is 1.76. The van der Waals surface area contributed by atoms with Gasteiger partial charge in [-0.15, -0.1) is 0 Å². The molecule has 1 amide bonds. The second kappa shape index (κ2) is 5.09. The second-order valence-corrected chi connectivity index (χ2v) is 4.49. The third-order valence-corrected chi connectivity index (χ3v) is 2.78. The molecule has 0 bridgehead atoms. The summed E-state index contributed by atoms with van der Waals surface area (Å²) in [4.78, 5) is 19.8. The second-order valence-electron chi connectivity index (χ2n) is 4.49. The number of hydrogen-bond acceptors (Lipinski definition) is 5. The van der Waals surface area contributed by atoms with Crippen LogP contribution in [0.25, 0.3) is 0 Å². The van der Waals surface area contributed by atoms with Gasteiger partial charge >= 0.3 is 0 Å². The van der Waals surface area contributed by atoms with Crippen LogP contribution in [0.3, 0.4) is 0 Å². The van der Waals surface area contributed by atoms with E-state index < -0.39 is 0 Å². The Hall–Kier alpha value is -1.69. The number of nitrogen functional groups attached to an aromatic ring is 1. The van der Waals surface area contributed by atoms with Gasteiger partial charge < -0.3 is 10.7 Å². The molecule has 1 aromatic rings. The van der Waals surface area contributed by atoms with Crippen LogP contribution < -0.4 is 16.6 Å². The first-order valence-corrected chi connectivity index (χ1v) is 5.78. The van der Waals surface area contributed by atoms with Gasteiger partial charge in [0.25, 0.3) is 5.91 Å². The number of rotatable bonds is 5. The molecule has 6 nitrogen and oxygen atoms in total. The molecular formula is C11H17N5O. The summed E-state index contributed by atoms with van der Waals surface area (Å²) in [7, 11) is 0. The van der Waals surface area contributed by atoms with Crippen LogP contribution in [-0.4, -0.2) is 21.9 Å². The summed E-state index contributed by atoms with van der Waals surface area (Å²) in [5.74, 6) is 6.17. The first-order valence-electron chi connectivity index (χ1n) is 5.78. The number of nitrogens with zero attached hydrogens (tertiary/aromatic N) is 2. The lowest BCUT2D eigenvalue weighted by atomic mass is 10.1. The van der Waals surface area contributed by atoms with E-state index in [9.17, 15) is 4.79 Å². The SMILES string of the molecule is CC(CC1CC1)NC(=O)c1cncc(NN)n1. The molecule has 1 unspecified atom stereocenters. The molecule has 1 saturated carbocycles. The van der Waals surface area contributed by atoms with Crippen LogP contribution in [0.5, 0.6) is 0 Å². The molecule has 0 radical (unpaired) electrons. The number of carbonyl (C=O) groups excluding carboxylic acids is 1. The molecule has 0 aromatic carbocycles. The van der Waals surface area contributed by atoms with Crippen LogP contribution >= 0.6 is 0 Å². The van der Waals surface area contributed by atoms with E-state index in [0.29, 0.717) is 5.82 Å². The Labute approximate surface area is 100.0 Å². The van der Waals surface area contributed by atoms with Gasteiger partial charge in [0.2, 0.25) is 0 Å². The number of carbonyl (C=O) groups is 1. The third kappa shape index (κ3) is 3.39. The lowest BCUT2D eigenvalue weighted by Gasteiger charge is -2.12. The highest BCUT2D eigenvalue weighted by Gasteiger charge is 2.24. The Morgan fingerprint density at radius 3 is 3.00 bits per heavy atom. The average molecular weight is 235 g/mol. The van der Waals surface area contributed by atoms with Crippen molar-refractivity contribution in [1.29, 1.82) is 0 Å². The molecular weight excluding hydrogens is 218 g/mol. The number of nitrogens with two attached hydrogens (primary N) is 1. The molecule has 1 fully saturated rings. The standard InChI is InChI=1S/C11H17N5O/c1-7(4-8-2-3-8)14-11(17)9-5-13-6-10(15-9)16-12/h5-8H,2-4,12H2,1H3,(H,14,17)(H,15,16). The Balaban J connectivity index is 1.92. The molecule has 1 heterocycles. The predicted molar refractivity (Wildman–Crippen MR) is 64.1 cm³/mol. The lowest BCUT2D eigenvalue weighted by molar-refractivity contribution is 0.0932. The fourth-order valence-electron chi connectivity index (χ4n) is 1.76. The highest BCUT2D eigenvalue weighted by atomic mass is 16.1. The largest absolute Gasteiger partial charge is 0.348 e. The molecule has 4 N–H and O–H groups in total. The van der Waals surface area contributed by atoms with Crippen molar-refractivity contribution >= 4 is 11.7 Å². The van der Waals surface area contributed by atoms with Crippen molar-refractivity contribution in [2.75, 3.05) is 5.43 Å². The zero-order chi connectivity index (χ0) is 12.3. The van der Waals surface area contributed by atoms with E-state index in [2.05, 4.69) is 20.7 Å². The molecule has 1 atom stereocenters. The Kier molecular flexibility index (Phi) is 3.53. The highest BCUT2D eigenvalue weighted by Crippen LogP contribution is 2.33. The van der Waals surface area contributed by atoms with Gasteiger partial charge in [0.05, 0.1) is 12.4 Å². The van der Waals surface area contributed by atoms with E-state index in [4.69, 9.17) is 5.84 Å². The Bertz CT molecular complexity index is 405. The van der Waals surface area contributed by atoms with Crippen molar-refractivity contribution in [2.24, 2.45) is 11.8 Å². The van der Waals surface area contributed by atoms with Crippen LogP contribution in [0.2, 0.25) is 0 Å². The van der Waals surface area contributed by atoms with Crippen molar-refractivity contribution in [2.45, 2.75) is 32.2 Å². The summed E-state index contributed by atoms with van der Waals surface area (Å²) < 4.78 is 0. The number of nitrogens with one attached hydrogen (secondary N) is 2. The van der Waals surface area contributed by atoms with Gasteiger partial charge in [0.15, 0.2) is 5.82 Å². The van der Waals surface area contributed by atoms with Crippen molar-refractivity contribution in [3.8, 4) is 0 Å². The first-order chi connectivity index (χ1) is 8.19. The molecule has 6 heteroatoms. The summed E-state index contributed by atoms with van der Waals surface area (Å²) in [6, 6.07) is 0.172. The number of anilines is 1. The molecule has 92 valence electrons. The van der Waals surface area contributed by atoms with Gasteiger partial charge in [0.1, 0.15) is 5.69 Å². The van der Waals surface area contributed by atoms with Crippen LogP contribution in [0.15, 0.2) is 12.4 Å². The van der Waals surface area contributed by atoms with Gasteiger partial charge in [0, 0.05) is 6.04 Å². The van der Waals surface area contributed by atoms with Gasteiger partial charge in [-0.1, -0.05) is 12.8 Å². The summed E-state index contributed by atoms with van der Waals surface area (Å²) in [5.41, 5.74) is 2.64. The van der Waals surface area contributed by atoms with Crippen molar-refractivity contribution in [3.63, 3.8) is 0 Å². The predicted octanol–water partition coefficient (Wildman–Crippen LogP) is 0.681. The van der Waals surface area contributed by atoms with Gasteiger partial charge in [-0.2, -0.15) is 0 Å². The van der Waals surface area contributed by atoms with E-state index >= 15 is 0 Å². The molecule has 1 aliphatic rings. The highest BCUT2D eigenvalue weighted by molar-refractivity contribution is 5.92. The van der Waals surface area contributed by atoms with Crippen LogP contribution in [0.4, 0.5) is 5.82 Å². The van der Waals surface area contributed by atoms with E-state index in [1.54, 1.807) is 0 Å². The summed E-state index contributed by atoms with van der Waals surface area (Å²) >= 11 is 0. The number of aromatic nitrogens is 2. The zero-order valence-corrected chi connectivity index (χ0v) is 9.81. The van der Waals surface area contributed by atoms with Crippen molar-refractivity contribution < 1.29 is 4.79 Å². The smallest absolute Gasteiger partial charge is 0.271 e. The fraction of sp³-hybridized carbons (Fsp3) is 0.545. The topological polar surface area (TPSA) is 92.9 Å². The first kappa shape index (κ1) is 11.8. The summed E-state index contributed by atoms with van der Waals surface area (Å²) in [5, 5.41) is 2.91. The molecule has 1 aliphatic carbocycles. The van der Waals surface area contributed by atoms with E-state index in [0.717, 1.165) is 12.3 Å². The minimum Gasteiger partial charge on any atom is -0.348 e. The van der Waals surface area contributed by atoms with Gasteiger partial charge in [-0.3, -0.25) is 9.78 Å². The van der Waals surface area contributed by atoms with Crippen LogP contribution in [0, 0.1) is 5.92 Å². The molecule has 1 aromatic heterocycles. The molecule has 2 rings (SSSR count). The zero-order valence-electron chi connectivity index (χ0n) is 9.81. The minimum atomic E-state index is -0.206. The van der Waals surface area contributed by atoms with Crippen molar-refractivity contribution in [1.82, 2.24) is 15.3 Å². The van der Waals surface area contributed by atoms with Crippen LogP contribution in [0.1, 0.15) is 36.7 Å². The summed E-state index contributed by atoms with van der Waals surface area (Å²) in [6.45, 7) is 2.01. The number of amides is 1. The summed E-state index contributed by atoms with van der Waals surface area (Å²) in [6.07, 6.45) is 6.50. The van der Waals surface area contributed by atoms with Crippen molar-refractivity contribution in [3.05, 3.63) is 18.1 Å². The Morgan fingerprint density at radius 2 is 2.35 bits per heavy atom. The quantitative estimate of drug-likeness (QED) is 0.515. The maximum atomic E-state index is 11.8. The molecule has 0 aliphatic heterocycles. The van der Waals surface area contributed by atoms with E-state index in [1.165, 1.54) is 25.2 Å². The molecule has 0 saturated heterocycles. The molecule has 0 spiro atoms. The third-order valence-electron chi connectivity index (χ3n) is 2.78. The van der Waals surface area contributed by atoms with Crippen LogP contribution in [-0.2, 0) is 0 Å². The lowest BCUT2D eigenvalue weighted by Crippen LogP contribution is -2.33. The van der Waals surface area contributed by atoms with Gasteiger partial charge in [-0.05, 0) is 19.3 Å². The normalized spacial score (nSPS) is 16.4. The minimum absolute atomic E-state index is 0.172.